The first-order chi connectivity index (χ1) is 15.4. The zero-order valence-corrected chi connectivity index (χ0v) is 19.0. The summed E-state index contributed by atoms with van der Waals surface area (Å²) in [4.78, 5) is 22.9. The molecular weight excluding hydrogens is 444 g/mol. The molecule has 7 nitrogen and oxygen atoms in total. The lowest BCUT2D eigenvalue weighted by Crippen LogP contribution is -2.14. The van der Waals surface area contributed by atoms with E-state index in [2.05, 4.69) is 21.6 Å². The summed E-state index contributed by atoms with van der Waals surface area (Å²) < 4.78 is 27.5. The first-order valence-electron chi connectivity index (χ1n) is 10.2. The van der Waals surface area contributed by atoms with Gasteiger partial charge in [0.25, 0.3) is 10.0 Å². The zero-order valence-electron chi connectivity index (χ0n) is 17.4. The van der Waals surface area contributed by atoms with E-state index >= 15 is 0 Å². The van der Waals surface area contributed by atoms with Crippen LogP contribution in [0.2, 0.25) is 0 Å². The number of aryl methyl sites for hydroxylation is 1. The van der Waals surface area contributed by atoms with Gasteiger partial charge in [-0.3, -0.25) is 9.52 Å². The Hall–Kier alpha value is -3.30. The maximum Gasteiger partial charge on any atom is 0.263 e. The van der Waals surface area contributed by atoms with Crippen molar-refractivity contribution in [2.45, 2.75) is 31.1 Å². The molecule has 164 valence electrons. The van der Waals surface area contributed by atoms with E-state index < -0.39 is 10.0 Å². The summed E-state index contributed by atoms with van der Waals surface area (Å²) in [5.74, 6) is -0.0428. The monoisotopic (exact) mass is 466 g/mol. The highest BCUT2D eigenvalue weighted by molar-refractivity contribution is 7.92. The molecule has 1 aromatic carbocycles. The van der Waals surface area contributed by atoms with E-state index in [0.29, 0.717) is 16.1 Å². The van der Waals surface area contributed by atoms with Gasteiger partial charge in [0.1, 0.15) is 15.5 Å². The number of hydrogen-bond acceptors (Lipinski definition) is 7. The fraction of sp³-hybridized carbons (Fsp3) is 0.174. The van der Waals surface area contributed by atoms with E-state index in [-0.39, 0.29) is 16.5 Å². The lowest BCUT2D eigenvalue weighted by Gasteiger charge is -2.07. The molecule has 32 heavy (non-hydrogen) atoms. The maximum atomic E-state index is 13.1. The Balaban J connectivity index is 1.58. The first kappa shape index (κ1) is 21.9. The Morgan fingerprint density at radius 3 is 2.56 bits per heavy atom. The van der Waals surface area contributed by atoms with Gasteiger partial charge in [0.15, 0.2) is 0 Å². The highest BCUT2D eigenvalue weighted by Gasteiger charge is 2.21. The molecule has 0 spiro atoms. The van der Waals surface area contributed by atoms with Crippen molar-refractivity contribution in [3.63, 3.8) is 0 Å². The number of unbranched alkanes of at least 4 members (excludes halogenated alkanes) is 1. The van der Waals surface area contributed by atoms with Gasteiger partial charge in [-0.25, -0.2) is 18.4 Å². The molecule has 3 heterocycles. The minimum Gasteiger partial charge on any atom is -0.397 e. The van der Waals surface area contributed by atoms with Crippen LogP contribution in [0.25, 0.3) is 10.2 Å². The van der Waals surface area contributed by atoms with Crippen LogP contribution < -0.4 is 10.5 Å². The molecule has 4 rings (SSSR count). The number of sulfonamides is 1. The number of aromatic nitrogens is 2. The summed E-state index contributed by atoms with van der Waals surface area (Å²) in [5.41, 5.74) is 7.98. The third-order valence-corrected chi connectivity index (χ3v) is 7.46. The molecule has 0 radical (unpaired) electrons. The van der Waals surface area contributed by atoms with E-state index in [4.69, 9.17) is 5.73 Å². The van der Waals surface area contributed by atoms with Crippen LogP contribution in [0, 0.1) is 0 Å². The minimum atomic E-state index is -3.82. The fourth-order valence-electron chi connectivity index (χ4n) is 3.24. The van der Waals surface area contributed by atoms with Crippen LogP contribution in [-0.2, 0) is 16.4 Å². The Morgan fingerprint density at radius 2 is 1.88 bits per heavy atom. The normalized spacial score (nSPS) is 11.5. The second kappa shape index (κ2) is 9.05. The van der Waals surface area contributed by atoms with Crippen LogP contribution in [0.15, 0.2) is 65.7 Å². The van der Waals surface area contributed by atoms with Crippen molar-refractivity contribution >= 4 is 48.9 Å². The topological polar surface area (TPSA) is 115 Å². The smallest absolute Gasteiger partial charge is 0.263 e. The van der Waals surface area contributed by atoms with Gasteiger partial charge in [-0.05, 0) is 61.4 Å². The summed E-state index contributed by atoms with van der Waals surface area (Å²) in [7, 11) is -3.82. The van der Waals surface area contributed by atoms with Crippen molar-refractivity contribution in [1.82, 2.24) is 9.97 Å². The van der Waals surface area contributed by atoms with Crippen molar-refractivity contribution < 1.29 is 13.2 Å². The molecule has 0 fully saturated rings. The number of carbonyl (C=O) groups excluding carboxylic acids is 1. The van der Waals surface area contributed by atoms with Gasteiger partial charge in [-0.2, -0.15) is 0 Å². The summed E-state index contributed by atoms with van der Waals surface area (Å²) >= 11 is 1.26. The Bertz CT molecular complexity index is 1370. The lowest BCUT2D eigenvalue weighted by molar-refractivity contribution is 0.104. The van der Waals surface area contributed by atoms with Gasteiger partial charge in [0.05, 0.1) is 10.6 Å². The number of carbonyl (C=O) groups is 1. The summed E-state index contributed by atoms with van der Waals surface area (Å²) in [5, 5.41) is 0.761. The van der Waals surface area contributed by atoms with Crippen molar-refractivity contribution in [1.29, 1.82) is 0 Å². The van der Waals surface area contributed by atoms with Gasteiger partial charge in [-0.1, -0.05) is 19.4 Å². The highest BCUT2D eigenvalue weighted by Crippen LogP contribution is 2.34. The first-order valence-corrected chi connectivity index (χ1v) is 12.5. The number of benzene rings is 1. The van der Waals surface area contributed by atoms with E-state index in [1.807, 2.05) is 12.1 Å². The number of fused-ring (bicyclic) bond motifs is 1. The molecule has 9 heteroatoms. The van der Waals surface area contributed by atoms with Crippen LogP contribution >= 0.6 is 11.3 Å². The van der Waals surface area contributed by atoms with Gasteiger partial charge < -0.3 is 5.73 Å². The van der Waals surface area contributed by atoms with Gasteiger partial charge >= 0.3 is 0 Å². The van der Waals surface area contributed by atoms with E-state index in [0.717, 1.165) is 35.2 Å². The number of rotatable bonds is 8. The number of hydrogen-bond donors (Lipinski definition) is 2. The van der Waals surface area contributed by atoms with Crippen molar-refractivity contribution in [2.24, 2.45) is 0 Å². The molecule has 3 aromatic heterocycles. The number of nitrogens with zero attached hydrogens (tertiary/aromatic N) is 2. The Labute approximate surface area is 190 Å². The number of thiophene rings is 1. The summed E-state index contributed by atoms with van der Waals surface area (Å²) in [6.45, 7) is 2.13. The molecule has 4 aromatic rings. The van der Waals surface area contributed by atoms with Gasteiger partial charge in [0.2, 0.25) is 5.78 Å². The molecule has 0 saturated carbocycles. The second-order valence-electron chi connectivity index (χ2n) is 7.28. The van der Waals surface area contributed by atoms with Crippen molar-refractivity contribution in [2.75, 3.05) is 10.5 Å². The number of pyridine rings is 2. The van der Waals surface area contributed by atoms with E-state index in [1.54, 1.807) is 18.2 Å². The fourth-order valence-corrected chi connectivity index (χ4v) is 5.32. The molecule has 0 atom stereocenters. The van der Waals surface area contributed by atoms with Crippen molar-refractivity contribution in [3.05, 3.63) is 76.9 Å². The van der Waals surface area contributed by atoms with Crippen LogP contribution in [0.4, 0.5) is 11.5 Å². The standard InChI is InChI=1S/C23H22N4O3S2/c1-2-3-6-16-10-13-18-20(24)22(31-23(18)26-16)21(28)15-8-11-17(12-9-15)32(29,30)27-19-7-4-5-14-25-19/h4-5,7-14H,2-3,6,24H2,1H3,(H,25,27). The number of nitrogen functional groups attached to an aromatic ring is 1. The zero-order chi connectivity index (χ0) is 22.7. The second-order valence-corrected chi connectivity index (χ2v) is 9.96. The van der Waals surface area contributed by atoms with E-state index in [1.165, 1.54) is 41.8 Å². The van der Waals surface area contributed by atoms with Crippen LogP contribution in [0.5, 0.6) is 0 Å². The number of ketones is 1. The highest BCUT2D eigenvalue weighted by atomic mass is 32.2. The molecule has 0 aliphatic rings. The number of nitrogens with one attached hydrogen (secondary N) is 1. The Kier molecular flexibility index (Phi) is 6.20. The van der Waals surface area contributed by atoms with Crippen molar-refractivity contribution in [3.8, 4) is 0 Å². The lowest BCUT2D eigenvalue weighted by atomic mass is 10.1. The third kappa shape index (κ3) is 4.49. The average molecular weight is 467 g/mol. The van der Waals surface area contributed by atoms with Gasteiger partial charge in [-0.15, -0.1) is 11.3 Å². The molecule has 0 aliphatic carbocycles. The molecule has 0 bridgehead atoms. The molecule has 3 N–H and O–H groups in total. The predicted octanol–water partition coefficient (Wildman–Crippen LogP) is 4.65. The third-order valence-electron chi connectivity index (χ3n) is 4.97. The molecule has 0 saturated heterocycles. The number of nitrogens with two attached hydrogens (primary N) is 1. The quantitative estimate of drug-likeness (QED) is 0.365. The maximum absolute atomic E-state index is 13.1. The van der Waals surface area contributed by atoms with Gasteiger partial charge in [0, 0.05) is 22.8 Å². The molecule has 0 aliphatic heterocycles. The van der Waals surface area contributed by atoms with Crippen LogP contribution in [0.1, 0.15) is 40.7 Å². The SMILES string of the molecule is CCCCc1ccc2c(N)c(C(=O)c3ccc(S(=O)(=O)Nc4ccccn4)cc3)sc2n1. The number of anilines is 2. The predicted molar refractivity (Wildman–Crippen MR) is 128 cm³/mol. The molecule has 0 amide bonds. The Morgan fingerprint density at radius 1 is 1.09 bits per heavy atom. The van der Waals surface area contributed by atoms with E-state index in [9.17, 15) is 13.2 Å². The minimum absolute atomic E-state index is 0.0336. The van der Waals surface area contributed by atoms with Crippen LogP contribution in [0.3, 0.4) is 0 Å². The molecule has 0 unspecified atom stereocenters. The summed E-state index contributed by atoms with van der Waals surface area (Å²) in [6.07, 6.45) is 4.52. The average Bonchev–Trinajstić information content (AvgIpc) is 3.13. The molecular formula is C23H22N4O3S2. The summed E-state index contributed by atoms with van der Waals surface area (Å²) in [6, 6.07) is 14.5. The largest absolute Gasteiger partial charge is 0.397 e. The van der Waals surface area contributed by atoms with Crippen LogP contribution in [-0.4, -0.2) is 24.2 Å².